The van der Waals surface area contributed by atoms with Crippen LogP contribution in [0.25, 0.3) is 11.0 Å². The number of hydrogen-bond acceptors (Lipinski definition) is 6. The molecule has 0 aliphatic carbocycles. The normalized spacial score (nSPS) is 11.2. The first-order chi connectivity index (χ1) is 14.9. The lowest BCUT2D eigenvalue weighted by atomic mass is 10.0. The minimum absolute atomic E-state index is 0.0805. The predicted octanol–water partition coefficient (Wildman–Crippen LogP) is 3.86. The van der Waals surface area contributed by atoms with Gasteiger partial charge in [0.15, 0.2) is 22.8 Å². The topological polar surface area (TPSA) is 101 Å². The Balaban J connectivity index is 2.09. The number of nitrogens with zero attached hydrogens (tertiary/aromatic N) is 2. The van der Waals surface area contributed by atoms with Crippen LogP contribution in [0, 0.1) is 11.3 Å². The fourth-order valence-corrected chi connectivity index (χ4v) is 3.68. The third-order valence-corrected chi connectivity index (χ3v) is 5.51. The molecule has 0 aliphatic rings. The standard InChI is InChI=1S/C23H37N5O3/c1-7-16(8-2)23(29)26-12-10-9-11-25-22-21(24)28(15(3)4)18-14-20(31-6)19(30-5)13-17(18)27-22/h13-16,24H,7-12H2,1-6H3,(H,25,27)(H,26,29). The summed E-state index contributed by atoms with van der Waals surface area (Å²) in [4.78, 5) is 16.7. The quantitative estimate of drug-likeness (QED) is 0.443. The van der Waals surface area contributed by atoms with Gasteiger partial charge in [-0.2, -0.15) is 0 Å². The molecule has 0 saturated carbocycles. The van der Waals surface area contributed by atoms with Crippen molar-refractivity contribution in [1.29, 1.82) is 5.41 Å². The summed E-state index contributed by atoms with van der Waals surface area (Å²) in [7, 11) is 3.20. The van der Waals surface area contributed by atoms with Crippen molar-refractivity contribution in [2.75, 3.05) is 32.6 Å². The number of ether oxygens (including phenoxy) is 2. The second kappa shape index (κ2) is 11.6. The molecule has 2 aromatic rings. The molecule has 0 aliphatic heterocycles. The average Bonchev–Trinajstić information content (AvgIpc) is 2.75. The van der Waals surface area contributed by atoms with Gasteiger partial charge in [0.25, 0.3) is 0 Å². The van der Waals surface area contributed by atoms with Gasteiger partial charge < -0.3 is 24.7 Å². The van der Waals surface area contributed by atoms with Crippen LogP contribution in [0.4, 0.5) is 5.82 Å². The third kappa shape index (κ3) is 5.89. The number of hydrogen-bond donors (Lipinski definition) is 3. The van der Waals surface area contributed by atoms with Gasteiger partial charge in [-0.05, 0) is 39.5 Å². The summed E-state index contributed by atoms with van der Waals surface area (Å²) >= 11 is 0. The summed E-state index contributed by atoms with van der Waals surface area (Å²) in [6.07, 6.45) is 3.48. The smallest absolute Gasteiger partial charge is 0.223 e. The fourth-order valence-electron chi connectivity index (χ4n) is 3.68. The SMILES string of the molecule is CCC(CC)C(=O)NCCCCNc1nc2cc(OC)c(OC)cc2n(C(C)C)c1=N. The molecule has 0 unspecified atom stereocenters. The summed E-state index contributed by atoms with van der Waals surface area (Å²) in [5, 5.41) is 15.0. The van der Waals surface area contributed by atoms with E-state index in [0.717, 1.165) is 36.7 Å². The van der Waals surface area contributed by atoms with Crippen molar-refractivity contribution in [2.45, 2.75) is 59.4 Å². The molecule has 0 bridgehead atoms. The van der Waals surface area contributed by atoms with Crippen LogP contribution in [0.2, 0.25) is 0 Å². The summed E-state index contributed by atoms with van der Waals surface area (Å²) in [6, 6.07) is 3.79. The van der Waals surface area contributed by atoms with Crippen LogP contribution < -0.4 is 25.6 Å². The Bertz CT molecular complexity index is 935. The molecule has 31 heavy (non-hydrogen) atoms. The van der Waals surface area contributed by atoms with Gasteiger partial charge in [0.05, 0.1) is 25.3 Å². The van der Waals surface area contributed by atoms with Crippen molar-refractivity contribution >= 4 is 22.8 Å². The number of aromatic nitrogens is 2. The molecule has 0 atom stereocenters. The molecule has 2 rings (SSSR count). The Morgan fingerprint density at radius 2 is 1.71 bits per heavy atom. The maximum atomic E-state index is 12.0. The van der Waals surface area contributed by atoms with Crippen molar-refractivity contribution in [1.82, 2.24) is 14.9 Å². The third-order valence-electron chi connectivity index (χ3n) is 5.51. The van der Waals surface area contributed by atoms with Crippen LogP contribution in [0.15, 0.2) is 12.1 Å². The predicted molar refractivity (Wildman–Crippen MR) is 124 cm³/mol. The van der Waals surface area contributed by atoms with Gasteiger partial charge >= 0.3 is 0 Å². The first-order valence-electron chi connectivity index (χ1n) is 11.1. The molecule has 1 heterocycles. The van der Waals surface area contributed by atoms with E-state index in [4.69, 9.17) is 14.9 Å². The molecule has 0 saturated heterocycles. The van der Waals surface area contributed by atoms with Gasteiger partial charge in [-0.1, -0.05) is 13.8 Å². The van der Waals surface area contributed by atoms with E-state index in [1.807, 2.05) is 44.4 Å². The highest BCUT2D eigenvalue weighted by Gasteiger charge is 2.15. The van der Waals surface area contributed by atoms with E-state index in [1.54, 1.807) is 14.2 Å². The second-order valence-electron chi connectivity index (χ2n) is 7.91. The molecule has 0 fully saturated rings. The summed E-state index contributed by atoms with van der Waals surface area (Å²) in [5.41, 5.74) is 1.89. The molecule has 1 aromatic carbocycles. The molecule has 0 radical (unpaired) electrons. The van der Waals surface area contributed by atoms with Gasteiger partial charge in [0, 0.05) is 37.2 Å². The van der Waals surface area contributed by atoms with E-state index in [2.05, 4.69) is 15.6 Å². The largest absolute Gasteiger partial charge is 0.493 e. The second-order valence-corrected chi connectivity index (χ2v) is 7.91. The Hall–Kier alpha value is -2.77. The number of nitrogens with one attached hydrogen (secondary N) is 3. The minimum Gasteiger partial charge on any atom is -0.493 e. The molecule has 1 aromatic heterocycles. The number of anilines is 1. The zero-order valence-corrected chi connectivity index (χ0v) is 19.7. The number of benzene rings is 1. The molecule has 172 valence electrons. The monoisotopic (exact) mass is 431 g/mol. The Labute approximate surface area is 184 Å². The number of amides is 1. The van der Waals surface area contributed by atoms with Crippen LogP contribution in [0.5, 0.6) is 11.5 Å². The maximum absolute atomic E-state index is 12.0. The molecule has 3 N–H and O–H groups in total. The molecular formula is C23H37N5O3. The van der Waals surface area contributed by atoms with Crippen LogP contribution in [0.3, 0.4) is 0 Å². The van der Waals surface area contributed by atoms with Gasteiger partial charge in [-0.25, -0.2) is 4.98 Å². The van der Waals surface area contributed by atoms with E-state index in [0.29, 0.717) is 35.9 Å². The first kappa shape index (κ1) is 24.5. The summed E-state index contributed by atoms with van der Waals surface area (Å²) in [5.74, 6) is 2.00. The van der Waals surface area contributed by atoms with E-state index in [-0.39, 0.29) is 17.9 Å². The maximum Gasteiger partial charge on any atom is 0.223 e. The van der Waals surface area contributed by atoms with E-state index in [9.17, 15) is 4.79 Å². The summed E-state index contributed by atoms with van der Waals surface area (Å²) < 4.78 is 12.8. The minimum atomic E-state index is 0.0805. The van der Waals surface area contributed by atoms with E-state index in [1.165, 1.54) is 0 Å². The highest BCUT2D eigenvalue weighted by atomic mass is 16.5. The van der Waals surface area contributed by atoms with E-state index < -0.39 is 0 Å². The molecule has 8 heteroatoms. The van der Waals surface area contributed by atoms with Crippen molar-refractivity contribution < 1.29 is 14.3 Å². The van der Waals surface area contributed by atoms with Crippen LogP contribution in [-0.4, -0.2) is 42.8 Å². The van der Waals surface area contributed by atoms with Gasteiger partial charge in [-0.3, -0.25) is 10.2 Å². The van der Waals surface area contributed by atoms with Gasteiger partial charge in [0.2, 0.25) is 5.91 Å². The van der Waals surface area contributed by atoms with Crippen molar-refractivity contribution in [2.24, 2.45) is 5.92 Å². The van der Waals surface area contributed by atoms with Crippen molar-refractivity contribution in [3.8, 4) is 11.5 Å². The first-order valence-corrected chi connectivity index (χ1v) is 11.1. The average molecular weight is 432 g/mol. The Morgan fingerprint density at radius 3 is 2.29 bits per heavy atom. The van der Waals surface area contributed by atoms with E-state index >= 15 is 0 Å². The van der Waals surface area contributed by atoms with Crippen LogP contribution in [-0.2, 0) is 4.79 Å². The fraction of sp³-hybridized carbons (Fsp3) is 0.609. The number of carbonyl (C=O) groups is 1. The highest BCUT2D eigenvalue weighted by molar-refractivity contribution is 5.81. The lowest BCUT2D eigenvalue weighted by Gasteiger charge is -2.19. The Morgan fingerprint density at radius 1 is 1.10 bits per heavy atom. The number of unbranched alkanes of at least 4 members (excludes halogenated alkanes) is 1. The lowest BCUT2D eigenvalue weighted by Crippen LogP contribution is -2.31. The zero-order chi connectivity index (χ0) is 23.0. The number of fused-ring (bicyclic) bond motifs is 1. The lowest BCUT2D eigenvalue weighted by molar-refractivity contribution is -0.125. The number of carbonyl (C=O) groups excluding carboxylic acids is 1. The molecule has 8 nitrogen and oxygen atoms in total. The zero-order valence-electron chi connectivity index (χ0n) is 19.7. The van der Waals surface area contributed by atoms with Crippen molar-refractivity contribution in [3.05, 3.63) is 17.6 Å². The van der Waals surface area contributed by atoms with Crippen LogP contribution in [0.1, 0.15) is 59.4 Å². The van der Waals surface area contributed by atoms with Gasteiger partial charge in [0.1, 0.15) is 0 Å². The number of methoxy groups -OCH3 is 2. The van der Waals surface area contributed by atoms with Gasteiger partial charge in [-0.15, -0.1) is 0 Å². The molecule has 0 spiro atoms. The molecular weight excluding hydrogens is 394 g/mol. The van der Waals surface area contributed by atoms with Crippen LogP contribution >= 0.6 is 0 Å². The van der Waals surface area contributed by atoms with Crippen molar-refractivity contribution in [3.63, 3.8) is 0 Å². The Kier molecular flexibility index (Phi) is 9.15. The number of rotatable bonds is 12. The molecule has 1 amide bonds. The highest BCUT2D eigenvalue weighted by Crippen LogP contribution is 2.32. The summed E-state index contributed by atoms with van der Waals surface area (Å²) in [6.45, 7) is 9.51.